The maximum atomic E-state index is 13.3. The van der Waals surface area contributed by atoms with E-state index >= 15 is 0 Å². The molecule has 0 amide bonds. The number of nitrogens with one attached hydrogen (secondary N) is 1. The molecule has 3 aromatic rings. The van der Waals surface area contributed by atoms with E-state index in [9.17, 15) is 4.79 Å². The standard InChI is InChI=1S/C19H18ClN3O/c1-12-6-2-3-10-16(12)23-18(15-9-5-11-21-15)22-14-8-4-7-13(20)17(14)19(23)24/h2-4,6-8,10,15,21H,5,9,11H2,1H3/t15-/m0/s1. The van der Waals surface area contributed by atoms with Gasteiger partial charge in [0.15, 0.2) is 0 Å². The fourth-order valence-corrected chi connectivity index (χ4v) is 3.64. The summed E-state index contributed by atoms with van der Waals surface area (Å²) in [6, 6.07) is 13.4. The van der Waals surface area contributed by atoms with Crippen molar-refractivity contribution < 1.29 is 0 Å². The summed E-state index contributed by atoms with van der Waals surface area (Å²) in [7, 11) is 0. The van der Waals surface area contributed by atoms with E-state index in [-0.39, 0.29) is 11.6 Å². The summed E-state index contributed by atoms with van der Waals surface area (Å²) in [6.07, 6.45) is 2.06. The molecule has 0 aliphatic carbocycles. The van der Waals surface area contributed by atoms with Gasteiger partial charge in [-0.3, -0.25) is 9.36 Å². The van der Waals surface area contributed by atoms with Crippen LogP contribution in [0.4, 0.5) is 0 Å². The Morgan fingerprint density at radius 3 is 2.79 bits per heavy atom. The van der Waals surface area contributed by atoms with Crippen molar-refractivity contribution in [1.29, 1.82) is 0 Å². The Labute approximate surface area is 145 Å². The third kappa shape index (κ3) is 2.43. The highest BCUT2D eigenvalue weighted by molar-refractivity contribution is 6.35. The summed E-state index contributed by atoms with van der Waals surface area (Å²) in [5.74, 6) is 0.765. The largest absolute Gasteiger partial charge is 0.307 e. The highest BCUT2D eigenvalue weighted by atomic mass is 35.5. The fourth-order valence-electron chi connectivity index (χ4n) is 3.39. The van der Waals surface area contributed by atoms with Crippen molar-refractivity contribution in [2.75, 3.05) is 6.54 Å². The Morgan fingerprint density at radius 2 is 2.04 bits per heavy atom. The van der Waals surface area contributed by atoms with E-state index in [2.05, 4.69) is 5.32 Å². The van der Waals surface area contributed by atoms with Crippen LogP contribution in [0.2, 0.25) is 5.02 Å². The minimum atomic E-state index is -0.108. The van der Waals surface area contributed by atoms with Crippen molar-refractivity contribution in [1.82, 2.24) is 14.9 Å². The van der Waals surface area contributed by atoms with Crippen LogP contribution in [0.3, 0.4) is 0 Å². The average Bonchev–Trinajstić information content (AvgIpc) is 3.10. The normalized spacial score (nSPS) is 17.5. The summed E-state index contributed by atoms with van der Waals surface area (Å²) >= 11 is 6.30. The third-order valence-electron chi connectivity index (χ3n) is 4.60. The second kappa shape index (κ2) is 6.04. The van der Waals surface area contributed by atoms with Crippen molar-refractivity contribution in [3.05, 3.63) is 69.2 Å². The summed E-state index contributed by atoms with van der Waals surface area (Å²) < 4.78 is 1.73. The van der Waals surface area contributed by atoms with Crippen molar-refractivity contribution in [2.45, 2.75) is 25.8 Å². The van der Waals surface area contributed by atoms with Gasteiger partial charge in [-0.25, -0.2) is 4.98 Å². The van der Waals surface area contributed by atoms with Gasteiger partial charge in [0.1, 0.15) is 5.82 Å². The fraction of sp³-hybridized carbons (Fsp3) is 0.263. The molecule has 4 rings (SSSR count). The molecule has 4 nitrogen and oxygen atoms in total. The Hall–Kier alpha value is -2.17. The van der Waals surface area contributed by atoms with E-state index in [0.29, 0.717) is 15.9 Å². The van der Waals surface area contributed by atoms with Crippen LogP contribution in [0.5, 0.6) is 0 Å². The predicted octanol–water partition coefficient (Wildman–Crippen LogP) is 3.77. The van der Waals surface area contributed by atoms with Crippen LogP contribution in [-0.4, -0.2) is 16.1 Å². The molecule has 0 saturated carbocycles. The SMILES string of the molecule is Cc1ccccc1-n1c([C@@H]2CCCN2)nc2cccc(Cl)c2c1=O. The number of halogens is 1. The number of rotatable bonds is 2. The van der Waals surface area contributed by atoms with Crippen LogP contribution >= 0.6 is 11.6 Å². The first-order valence-corrected chi connectivity index (χ1v) is 8.55. The van der Waals surface area contributed by atoms with Crippen LogP contribution in [-0.2, 0) is 0 Å². The lowest BCUT2D eigenvalue weighted by molar-refractivity contribution is 0.583. The van der Waals surface area contributed by atoms with E-state index in [1.807, 2.05) is 43.3 Å². The van der Waals surface area contributed by atoms with Crippen LogP contribution in [0, 0.1) is 6.92 Å². The van der Waals surface area contributed by atoms with E-state index in [1.165, 1.54) is 0 Å². The van der Waals surface area contributed by atoms with Gasteiger partial charge in [0.25, 0.3) is 5.56 Å². The topological polar surface area (TPSA) is 46.9 Å². The molecule has 1 fully saturated rings. The maximum Gasteiger partial charge on any atom is 0.267 e. The van der Waals surface area contributed by atoms with Gasteiger partial charge >= 0.3 is 0 Å². The first kappa shape index (κ1) is 15.4. The molecule has 1 aliphatic heterocycles. The zero-order chi connectivity index (χ0) is 16.7. The molecule has 0 unspecified atom stereocenters. The van der Waals surface area contributed by atoms with E-state index in [1.54, 1.807) is 10.6 Å². The number of para-hydroxylation sites is 1. The zero-order valence-electron chi connectivity index (χ0n) is 13.4. The maximum absolute atomic E-state index is 13.3. The summed E-state index contributed by atoms with van der Waals surface area (Å²) in [5.41, 5.74) is 2.44. The third-order valence-corrected chi connectivity index (χ3v) is 4.92. The number of hydrogen-bond donors (Lipinski definition) is 1. The smallest absolute Gasteiger partial charge is 0.267 e. The highest BCUT2D eigenvalue weighted by Gasteiger charge is 2.24. The molecule has 122 valence electrons. The van der Waals surface area contributed by atoms with Gasteiger partial charge in [-0.15, -0.1) is 0 Å². The Balaban J connectivity index is 2.10. The Morgan fingerprint density at radius 1 is 1.21 bits per heavy atom. The van der Waals surface area contributed by atoms with E-state index in [4.69, 9.17) is 16.6 Å². The minimum absolute atomic E-state index is 0.0840. The average molecular weight is 340 g/mol. The highest BCUT2D eigenvalue weighted by Crippen LogP contribution is 2.27. The molecule has 24 heavy (non-hydrogen) atoms. The van der Waals surface area contributed by atoms with Gasteiger partial charge in [0, 0.05) is 0 Å². The lowest BCUT2D eigenvalue weighted by Crippen LogP contribution is -2.29. The molecule has 1 aromatic heterocycles. The number of hydrogen-bond acceptors (Lipinski definition) is 3. The van der Waals surface area contributed by atoms with Crippen LogP contribution in [0.25, 0.3) is 16.6 Å². The van der Waals surface area contributed by atoms with Gasteiger partial charge in [0.05, 0.1) is 27.7 Å². The van der Waals surface area contributed by atoms with Gasteiger partial charge in [-0.1, -0.05) is 35.9 Å². The van der Waals surface area contributed by atoms with Crippen molar-refractivity contribution >= 4 is 22.5 Å². The lowest BCUT2D eigenvalue weighted by Gasteiger charge is -2.19. The number of aryl methyl sites for hydroxylation is 1. The van der Waals surface area contributed by atoms with E-state index < -0.39 is 0 Å². The lowest BCUT2D eigenvalue weighted by atomic mass is 10.1. The van der Waals surface area contributed by atoms with Crippen molar-refractivity contribution in [3.8, 4) is 5.69 Å². The summed E-state index contributed by atoms with van der Waals surface area (Å²) in [6.45, 7) is 2.95. The molecule has 2 heterocycles. The molecule has 5 heteroatoms. The number of nitrogens with zero attached hydrogens (tertiary/aromatic N) is 2. The Bertz CT molecular complexity index is 974. The number of benzene rings is 2. The van der Waals surface area contributed by atoms with Gasteiger partial charge in [-0.2, -0.15) is 0 Å². The first-order chi connectivity index (χ1) is 11.7. The van der Waals surface area contributed by atoms with Crippen LogP contribution in [0.1, 0.15) is 30.3 Å². The molecule has 2 aromatic carbocycles. The van der Waals surface area contributed by atoms with E-state index in [0.717, 1.165) is 36.5 Å². The molecule has 0 radical (unpaired) electrons. The molecule has 1 saturated heterocycles. The number of aromatic nitrogens is 2. The van der Waals surface area contributed by atoms with Crippen molar-refractivity contribution in [2.24, 2.45) is 0 Å². The first-order valence-electron chi connectivity index (χ1n) is 8.17. The quantitative estimate of drug-likeness (QED) is 0.773. The molecule has 1 N–H and O–H groups in total. The molecule has 1 aliphatic rings. The van der Waals surface area contributed by atoms with Crippen LogP contribution < -0.4 is 10.9 Å². The molecule has 0 spiro atoms. The van der Waals surface area contributed by atoms with Gasteiger partial charge < -0.3 is 5.32 Å². The predicted molar refractivity (Wildman–Crippen MR) is 97.1 cm³/mol. The van der Waals surface area contributed by atoms with Gasteiger partial charge in [0.2, 0.25) is 0 Å². The zero-order valence-corrected chi connectivity index (χ0v) is 14.2. The van der Waals surface area contributed by atoms with Crippen molar-refractivity contribution in [3.63, 3.8) is 0 Å². The summed E-state index contributed by atoms with van der Waals surface area (Å²) in [5, 5.41) is 4.37. The minimum Gasteiger partial charge on any atom is -0.307 e. The number of fused-ring (bicyclic) bond motifs is 1. The molecular weight excluding hydrogens is 322 g/mol. The Kier molecular flexibility index (Phi) is 3.87. The van der Waals surface area contributed by atoms with Gasteiger partial charge in [-0.05, 0) is 50.1 Å². The molecular formula is C19H18ClN3O. The monoisotopic (exact) mass is 339 g/mol. The second-order valence-corrected chi connectivity index (χ2v) is 6.59. The molecule has 1 atom stereocenters. The molecule has 0 bridgehead atoms. The second-order valence-electron chi connectivity index (χ2n) is 6.18. The summed E-state index contributed by atoms with van der Waals surface area (Å²) in [4.78, 5) is 18.1. The van der Waals surface area contributed by atoms with Crippen LogP contribution in [0.15, 0.2) is 47.3 Å².